The number of carbonyl (C=O) groups excluding carboxylic acids is 1. The maximum Gasteiger partial charge on any atom is 0.257 e. The van der Waals surface area contributed by atoms with Crippen LogP contribution in [-0.4, -0.2) is 52.3 Å². The highest BCUT2D eigenvalue weighted by Crippen LogP contribution is 2.42. The molecule has 6 rings (SSSR count). The number of nitrogens with one attached hydrogen (secondary N) is 1. The Hall–Kier alpha value is -3.88. The number of anilines is 1. The van der Waals surface area contributed by atoms with Crippen molar-refractivity contribution < 1.29 is 9.63 Å². The number of oxime groups is 1. The van der Waals surface area contributed by atoms with Crippen LogP contribution in [0.15, 0.2) is 96.5 Å². The molecule has 0 saturated carbocycles. The van der Waals surface area contributed by atoms with E-state index in [9.17, 15) is 4.79 Å². The molecule has 1 N–H and O–H groups in total. The van der Waals surface area contributed by atoms with Gasteiger partial charge in [-0.3, -0.25) is 9.78 Å². The number of rotatable bonds is 7. The van der Waals surface area contributed by atoms with E-state index in [4.69, 9.17) is 4.84 Å². The molecule has 2 aliphatic heterocycles. The lowest BCUT2D eigenvalue weighted by Gasteiger charge is -2.27. The van der Waals surface area contributed by atoms with Crippen LogP contribution in [-0.2, 0) is 10.6 Å². The van der Waals surface area contributed by atoms with Gasteiger partial charge in [0.15, 0.2) is 0 Å². The van der Waals surface area contributed by atoms with Gasteiger partial charge in [0.05, 0.1) is 5.56 Å². The quantitative estimate of drug-likeness (QED) is 0.239. The average molecular weight is 538 g/mol. The summed E-state index contributed by atoms with van der Waals surface area (Å²) in [5.41, 5.74) is 6.19. The highest BCUT2D eigenvalue weighted by molar-refractivity contribution is 7.99. The molecule has 4 aromatic rings. The molecular weight excluding hydrogens is 506 g/mol. The number of nitrogens with zero attached hydrogens (tertiary/aromatic N) is 4. The van der Waals surface area contributed by atoms with Gasteiger partial charge < -0.3 is 19.6 Å². The predicted molar refractivity (Wildman–Crippen MR) is 156 cm³/mol. The maximum atomic E-state index is 13.4. The number of carbonyl (C=O) groups is 1. The minimum absolute atomic E-state index is 0.105. The molecular formula is C31H31N5O2S. The third kappa shape index (κ3) is 5.62. The third-order valence-electron chi connectivity index (χ3n) is 7.27. The molecule has 2 aromatic carbocycles. The van der Waals surface area contributed by atoms with Crippen molar-refractivity contribution in [2.75, 3.05) is 25.5 Å². The van der Waals surface area contributed by atoms with Crippen LogP contribution < -0.4 is 5.32 Å². The summed E-state index contributed by atoms with van der Waals surface area (Å²) in [4.78, 5) is 26.0. The van der Waals surface area contributed by atoms with Crippen LogP contribution in [0.5, 0.6) is 0 Å². The van der Waals surface area contributed by atoms with Crippen molar-refractivity contribution in [1.29, 1.82) is 0 Å². The van der Waals surface area contributed by atoms with Gasteiger partial charge in [-0.25, -0.2) is 0 Å². The number of amides is 1. The highest BCUT2D eigenvalue weighted by Gasteiger charge is 2.28. The second kappa shape index (κ2) is 11.5. The molecule has 0 bridgehead atoms. The molecule has 0 aliphatic carbocycles. The molecule has 4 heterocycles. The highest BCUT2D eigenvalue weighted by atomic mass is 32.2. The number of hydrogen-bond donors (Lipinski definition) is 1. The van der Waals surface area contributed by atoms with Gasteiger partial charge in [0.2, 0.25) is 0 Å². The summed E-state index contributed by atoms with van der Waals surface area (Å²) in [6, 6.07) is 23.8. The molecule has 0 radical (unpaired) electrons. The first kappa shape index (κ1) is 25.4. The number of likely N-dealkylation sites (tertiary alicyclic amines) is 1. The van der Waals surface area contributed by atoms with Crippen molar-refractivity contribution in [3.05, 3.63) is 119 Å². The van der Waals surface area contributed by atoms with E-state index < -0.39 is 0 Å². The van der Waals surface area contributed by atoms with Crippen LogP contribution >= 0.6 is 11.8 Å². The van der Waals surface area contributed by atoms with Gasteiger partial charge in [-0.15, -0.1) is 11.8 Å². The van der Waals surface area contributed by atoms with Crippen molar-refractivity contribution in [2.24, 2.45) is 5.16 Å². The Bertz CT molecular complexity index is 1460. The largest absolute Gasteiger partial charge is 0.392 e. The summed E-state index contributed by atoms with van der Waals surface area (Å²) in [6.07, 6.45) is 7.69. The van der Waals surface area contributed by atoms with E-state index in [-0.39, 0.29) is 17.4 Å². The molecule has 2 aliphatic rings. The van der Waals surface area contributed by atoms with Crippen LogP contribution in [0.25, 0.3) is 0 Å². The number of fused-ring (bicyclic) bond motifs is 1. The zero-order chi connectivity index (χ0) is 26.6. The zero-order valence-electron chi connectivity index (χ0n) is 21.9. The molecule has 1 fully saturated rings. The van der Waals surface area contributed by atoms with Crippen molar-refractivity contribution in [2.45, 2.75) is 30.1 Å². The number of hydrogen-bond acceptors (Lipinski definition) is 6. The molecule has 1 amide bonds. The van der Waals surface area contributed by atoms with Gasteiger partial charge in [0.25, 0.3) is 5.91 Å². The molecule has 0 unspecified atom stereocenters. The maximum absolute atomic E-state index is 13.4. The molecule has 2 aromatic heterocycles. The first-order valence-corrected chi connectivity index (χ1v) is 14.3. The molecule has 1 saturated heterocycles. The lowest BCUT2D eigenvalue weighted by atomic mass is 10.0. The van der Waals surface area contributed by atoms with Crippen molar-refractivity contribution in [3.8, 4) is 0 Å². The van der Waals surface area contributed by atoms with Crippen LogP contribution in [0, 0.1) is 0 Å². The lowest BCUT2D eigenvalue weighted by molar-refractivity contribution is 0.0163. The van der Waals surface area contributed by atoms with Crippen molar-refractivity contribution in [3.63, 3.8) is 0 Å². The summed E-state index contributed by atoms with van der Waals surface area (Å²) in [5.74, 6) is 0.656. The Morgan fingerprint density at radius 1 is 1.03 bits per heavy atom. The molecule has 7 nitrogen and oxygen atoms in total. The first-order chi connectivity index (χ1) is 19.2. The van der Waals surface area contributed by atoms with Crippen LogP contribution in [0.1, 0.15) is 51.0 Å². The Labute approximate surface area is 232 Å². The van der Waals surface area contributed by atoms with Crippen LogP contribution in [0.2, 0.25) is 0 Å². The number of pyridine rings is 1. The Kier molecular flexibility index (Phi) is 7.47. The molecule has 8 heteroatoms. The fraction of sp³-hybridized carbons (Fsp3) is 0.258. The van der Waals surface area contributed by atoms with Crippen molar-refractivity contribution in [1.82, 2.24) is 14.5 Å². The normalized spacial score (nSPS) is 18.1. The summed E-state index contributed by atoms with van der Waals surface area (Å²) in [5, 5.41) is 7.88. The van der Waals surface area contributed by atoms with Crippen LogP contribution in [0.4, 0.5) is 5.69 Å². The Balaban J connectivity index is 1.22. The van der Waals surface area contributed by atoms with Gasteiger partial charge in [0, 0.05) is 65.5 Å². The van der Waals surface area contributed by atoms with E-state index in [1.807, 2.05) is 79.1 Å². The number of piperidine rings is 1. The Morgan fingerprint density at radius 3 is 2.64 bits per heavy atom. The SMILES string of the molecule is CN1CCC(ON=C(c2ccccc2)c2cccc(NC(=O)c3ccn4c3CS[C@@H]4c3cccnc3)c2)CC1. The predicted octanol–water partition coefficient (Wildman–Crippen LogP) is 5.79. The lowest BCUT2D eigenvalue weighted by Crippen LogP contribution is -2.33. The fourth-order valence-corrected chi connectivity index (χ4v) is 6.41. The first-order valence-electron chi connectivity index (χ1n) is 13.3. The third-order valence-corrected chi connectivity index (χ3v) is 8.52. The minimum atomic E-state index is -0.117. The average Bonchev–Trinajstić information content (AvgIpc) is 3.58. The van der Waals surface area contributed by atoms with E-state index in [0.717, 1.165) is 65.5 Å². The Morgan fingerprint density at radius 2 is 1.85 bits per heavy atom. The van der Waals surface area contributed by atoms with E-state index in [2.05, 4.69) is 38.0 Å². The van der Waals surface area contributed by atoms with Crippen LogP contribution in [0.3, 0.4) is 0 Å². The van der Waals surface area contributed by atoms with E-state index in [1.54, 1.807) is 18.0 Å². The van der Waals surface area contributed by atoms with E-state index in [0.29, 0.717) is 5.56 Å². The van der Waals surface area contributed by atoms with Crippen molar-refractivity contribution >= 4 is 29.1 Å². The second-order valence-corrected chi connectivity index (χ2v) is 11.1. The minimum Gasteiger partial charge on any atom is -0.392 e. The zero-order valence-corrected chi connectivity index (χ0v) is 22.7. The van der Waals surface area contributed by atoms with Gasteiger partial charge in [-0.05, 0) is 44.2 Å². The summed E-state index contributed by atoms with van der Waals surface area (Å²) < 4.78 is 2.17. The van der Waals surface area contributed by atoms with Gasteiger partial charge in [-0.2, -0.15) is 0 Å². The van der Waals surface area contributed by atoms with Gasteiger partial charge in [0.1, 0.15) is 17.2 Å². The topological polar surface area (TPSA) is 71.8 Å². The van der Waals surface area contributed by atoms with Gasteiger partial charge >= 0.3 is 0 Å². The smallest absolute Gasteiger partial charge is 0.257 e. The molecule has 1 atom stereocenters. The molecule has 39 heavy (non-hydrogen) atoms. The van der Waals surface area contributed by atoms with Gasteiger partial charge in [-0.1, -0.05) is 53.7 Å². The van der Waals surface area contributed by atoms with E-state index in [1.165, 1.54) is 0 Å². The number of benzene rings is 2. The standard InChI is InChI=1S/C31H31N5O2S/c1-35-16-12-26(13-17-35)38-34-29(22-7-3-2-4-8-22)23-9-5-11-25(19-23)33-30(37)27-14-18-36-28(27)21-39-31(36)24-10-6-15-32-20-24/h2-11,14-15,18-20,26,31H,12-13,16-17,21H2,1H3,(H,33,37)/t31-/m1/s1. The monoisotopic (exact) mass is 537 g/mol. The summed E-state index contributed by atoms with van der Waals surface area (Å²) in [6.45, 7) is 2.02. The molecule has 198 valence electrons. The number of thioether (sulfide) groups is 1. The fourth-order valence-electron chi connectivity index (χ4n) is 5.10. The summed E-state index contributed by atoms with van der Waals surface area (Å²) in [7, 11) is 2.13. The summed E-state index contributed by atoms with van der Waals surface area (Å²) >= 11 is 1.80. The second-order valence-electron chi connectivity index (χ2n) is 9.98. The van der Waals surface area contributed by atoms with E-state index >= 15 is 0 Å². The molecule has 0 spiro atoms. The number of aromatic nitrogens is 2.